The summed E-state index contributed by atoms with van der Waals surface area (Å²) in [6.45, 7) is 5.87. The van der Waals surface area contributed by atoms with Crippen molar-refractivity contribution in [3.8, 4) is 0 Å². The van der Waals surface area contributed by atoms with Gasteiger partial charge in [-0.3, -0.25) is 4.68 Å². The van der Waals surface area contributed by atoms with Gasteiger partial charge in [-0.15, -0.1) is 0 Å². The summed E-state index contributed by atoms with van der Waals surface area (Å²) in [7, 11) is 1.97. The molecule has 0 spiro atoms. The van der Waals surface area contributed by atoms with Crippen LogP contribution in [0.5, 0.6) is 0 Å². The Kier molecular flexibility index (Phi) is 4.07. The van der Waals surface area contributed by atoms with E-state index in [1.54, 1.807) is 6.20 Å². The number of nitrogens with one attached hydrogen (secondary N) is 1. The van der Waals surface area contributed by atoms with Crippen molar-refractivity contribution in [2.75, 3.05) is 20.3 Å². The Morgan fingerprint density at radius 1 is 1.59 bits per heavy atom. The van der Waals surface area contributed by atoms with Crippen LogP contribution in [0, 0.1) is 5.92 Å². The number of rotatable bonds is 4. The highest BCUT2D eigenvalue weighted by Gasteiger charge is 2.30. The van der Waals surface area contributed by atoms with Crippen molar-refractivity contribution < 1.29 is 4.74 Å². The molecule has 5 heteroatoms. The van der Waals surface area contributed by atoms with Crippen LogP contribution in [0.2, 0.25) is 5.02 Å². The Bertz CT molecular complexity index is 372. The van der Waals surface area contributed by atoms with E-state index in [1.165, 1.54) is 0 Å². The second-order valence-corrected chi connectivity index (χ2v) is 5.21. The zero-order chi connectivity index (χ0) is 12.4. The monoisotopic (exact) mass is 257 g/mol. The van der Waals surface area contributed by atoms with E-state index in [0.29, 0.717) is 12.0 Å². The molecule has 2 atom stereocenters. The normalized spacial score (nSPS) is 22.3. The van der Waals surface area contributed by atoms with Crippen LogP contribution >= 0.6 is 11.6 Å². The maximum Gasteiger partial charge on any atom is 0.0834 e. The molecule has 1 aromatic rings. The third-order valence-corrected chi connectivity index (χ3v) is 3.61. The lowest BCUT2D eigenvalue weighted by Gasteiger charge is -2.24. The van der Waals surface area contributed by atoms with E-state index in [4.69, 9.17) is 16.3 Å². The Hall–Kier alpha value is -0.580. The minimum absolute atomic E-state index is 0.218. The standard InChI is InChI=1S/C12H20ClN3O/c1-8(2)16-12(10(13)6-15-16)11(14-3)9-4-5-17-7-9/h6,8-9,11,14H,4-5,7H2,1-3H3. The first-order valence-corrected chi connectivity index (χ1v) is 6.50. The molecule has 0 bridgehead atoms. The zero-order valence-corrected chi connectivity index (χ0v) is 11.4. The van der Waals surface area contributed by atoms with Gasteiger partial charge < -0.3 is 10.1 Å². The molecule has 1 aromatic heterocycles. The summed E-state index contributed by atoms with van der Waals surface area (Å²) in [4.78, 5) is 0. The number of hydrogen-bond acceptors (Lipinski definition) is 3. The van der Waals surface area contributed by atoms with Gasteiger partial charge in [-0.2, -0.15) is 5.10 Å². The van der Waals surface area contributed by atoms with E-state index in [1.807, 2.05) is 11.7 Å². The summed E-state index contributed by atoms with van der Waals surface area (Å²) in [5, 5.41) is 8.46. The molecule has 1 aliphatic rings. The zero-order valence-electron chi connectivity index (χ0n) is 10.6. The van der Waals surface area contributed by atoms with Crippen molar-refractivity contribution in [1.82, 2.24) is 15.1 Å². The van der Waals surface area contributed by atoms with Crippen molar-refractivity contribution in [2.24, 2.45) is 5.92 Å². The maximum absolute atomic E-state index is 6.28. The molecule has 0 saturated carbocycles. The number of ether oxygens (including phenoxy) is 1. The number of hydrogen-bond donors (Lipinski definition) is 1. The Morgan fingerprint density at radius 2 is 2.35 bits per heavy atom. The summed E-state index contributed by atoms with van der Waals surface area (Å²) < 4.78 is 7.47. The summed E-state index contributed by atoms with van der Waals surface area (Å²) >= 11 is 6.28. The average Bonchev–Trinajstić information content (AvgIpc) is 2.91. The fraction of sp³-hybridized carbons (Fsp3) is 0.750. The van der Waals surface area contributed by atoms with Crippen molar-refractivity contribution in [1.29, 1.82) is 0 Å². The number of nitrogens with zero attached hydrogens (tertiary/aromatic N) is 2. The van der Waals surface area contributed by atoms with Gasteiger partial charge >= 0.3 is 0 Å². The fourth-order valence-electron chi connectivity index (χ4n) is 2.46. The van der Waals surface area contributed by atoms with Crippen LogP contribution in [-0.4, -0.2) is 30.0 Å². The maximum atomic E-state index is 6.28. The molecule has 1 fully saturated rings. The second kappa shape index (κ2) is 5.38. The van der Waals surface area contributed by atoms with Gasteiger partial charge in [0.1, 0.15) is 0 Å². The van der Waals surface area contributed by atoms with Crippen molar-refractivity contribution in [3.05, 3.63) is 16.9 Å². The van der Waals surface area contributed by atoms with E-state index in [9.17, 15) is 0 Å². The summed E-state index contributed by atoms with van der Waals surface area (Å²) in [6, 6.07) is 0.533. The van der Waals surface area contributed by atoms with E-state index < -0.39 is 0 Å². The molecule has 17 heavy (non-hydrogen) atoms. The molecule has 0 radical (unpaired) electrons. The summed E-state index contributed by atoms with van der Waals surface area (Å²) in [5.41, 5.74) is 1.08. The van der Waals surface area contributed by atoms with Crippen molar-refractivity contribution in [2.45, 2.75) is 32.4 Å². The third kappa shape index (κ3) is 2.49. The first-order valence-electron chi connectivity index (χ1n) is 6.13. The van der Waals surface area contributed by atoms with Crippen LogP contribution in [0.1, 0.15) is 38.0 Å². The first-order chi connectivity index (χ1) is 8.15. The highest BCUT2D eigenvalue weighted by Crippen LogP contribution is 2.33. The molecule has 0 aliphatic carbocycles. The summed E-state index contributed by atoms with van der Waals surface area (Å²) in [5.74, 6) is 0.478. The predicted molar refractivity (Wildman–Crippen MR) is 68.3 cm³/mol. The molecule has 2 rings (SSSR count). The topological polar surface area (TPSA) is 39.1 Å². The van der Waals surface area contributed by atoms with Crippen LogP contribution < -0.4 is 5.32 Å². The molecule has 2 heterocycles. The molecule has 2 unspecified atom stereocenters. The van der Waals surface area contributed by atoms with Crippen LogP contribution in [0.3, 0.4) is 0 Å². The van der Waals surface area contributed by atoms with E-state index in [0.717, 1.165) is 30.4 Å². The minimum atomic E-state index is 0.218. The summed E-state index contributed by atoms with van der Waals surface area (Å²) in [6.07, 6.45) is 2.81. The first kappa shape index (κ1) is 12.9. The second-order valence-electron chi connectivity index (χ2n) is 4.81. The lowest BCUT2D eigenvalue weighted by atomic mass is 9.96. The van der Waals surface area contributed by atoms with Gasteiger partial charge in [-0.25, -0.2) is 0 Å². The molecule has 0 amide bonds. The van der Waals surface area contributed by atoms with Gasteiger partial charge in [0.15, 0.2) is 0 Å². The van der Waals surface area contributed by atoms with Gasteiger partial charge in [-0.1, -0.05) is 11.6 Å². The molecule has 4 nitrogen and oxygen atoms in total. The number of halogens is 1. The molecule has 0 aromatic carbocycles. The van der Waals surface area contributed by atoms with Gasteiger partial charge in [0.2, 0.25) is 0 Å². The SMILES string of the molecule is CNC(c1c(Cl)cnn1C(C)C)C1CCOC1. The molecule has 96 valence electrons. The fourth-order valence-corrected chi connectivity index (χ4v) is 2.71. The molecule has 1 N–H and O–H groups in total. The largest absolute Gasteiger partial charge is 0.381 e. The highest BCUT2D eigenvalue weighted by atomic mass is 35.5. The smallest absolute Gasteiger partial charge is 0.0834 e. The van der Waals surface area contributed by atoms with E-state index in [-0.39, 0.29) is 6.04 Å². The van der Waals surface area contributed by atoms with Gasteiger partial charge in [-0.05, 0) is 27.3 Å². The van der Waals surface area contributed by atoms with Gasteiger partial charge in [0.05, 0.1) is 29.6 Å². The predicted octanol–water partition coefficient (Wildman–Crippen LogP) is 2.41. The van der Waals surface area contributed by atoms with Crippen LogP contribution in [0.4, 0.5) is 0 Å². The van der Waals surface area contributed by atoms with E-state index in [2.05, 4.69) is 24.3 Å². The number of aromatic nitrogens is 2. The molecular weight excluding hydrogens is 238 g/mol. The lowest BCUT2D eigenvalue weighted by molar-refractivity contribution is 0.176. The Morgan fingerprint density at radius 3 is 2.88 bits per heavy atom. The van der Waals surface area contributed by atoms with Crippen LogP contribution in [0.15, 0.2) is 6.20 Å². The van der Waals surface area contributed by atoms with Crippen molar-refractivity contribution >= 4 is 11.6 Å². The molecule has 1 aliphatic heterocycles. The third-order valence-electron chi connectivity index (χ3n) is 3.32. The molecular formula is C12H20ClN3O. The Balaban J connectivity index is 2.32. The van der Waals surface area contributed by atoms with Gasteiger partial charge in [0.25, 0.3) is 0 Å². The van der Waals surface area contributed by atoms with E-state index >= 15 is 0 Å². The minimum Gasteiger partial charge on any atom is -0.381 e. The average molecular weight is 258 g/mol. The highest BCUT2D eigenvalue weighted by molar-refractivity contribution is 6.31. The quantitative estimate of drug-likeness (QED) is 0.900. The van der Waals surface area contributed by atoms with Crippen LogP contribution in [0.25, 0.3) is 0 Å². The van der Waals surface area contributed by atoms with Crippen molar-refractivity contribution in [3.63, 3.8) is 0 Å². The lowest BCUT2D eigenvalue weighted by Crippen LogP contribution is -2.29. The molecule has 1 saturated heterocycles. The van der Waals surface area contributed by atoms with Crippen LogP contribution in [-0.2, 0) is 4.74 Å². The van der Waals surface area contributed by atoms with Gasteiger partial charge in [0, 0.05) is 18.6 Å². The Labute approximate surface area is 107 Å².